The summed E-state index contributed by atoms with van der Waals surface area (Å²) < 4.78 is 6.90. The Bertz CT molecular complexity index is 493. The molecule has 0 radical (unpaired) electrons. The first-order chi connectivity index (χ1) is 10.4. The Morgan fingerprint density at radius 3 is 2.45 bits per heavy atom. The van der Waals surface area contributed by atoms with E-state index in [9.17, 15) is 9.90 Å². The highest BCUT2D eigenvalue weighted by Gasteiger charge is 2.44. The van der Waals surface area contributed by atoms with Crippen LogP contribution in [-0.4, -0.2) is 29.3 Å². The summed E-state index contributed by atoms with van der Waals surface area (Å²) in [5, 5.41) is 9.76. The van der Waals surface area contributed by atoms with Crippen LogP contribution in [0.1, 0.15) is 52.0 Å². The van der Waals surface area contributed by atoms with E-state index in [4.69, 9.17) is 4.74 Å². The first-order valence-corrected chi connectivity index (χ1v) is 8.81. The van der Waals surface area contributed by atoms with Crippen molar-refractivity contribution in [3.05, 3.63) is 33.4 Å². The molecule has 0 aliphatic carbocycles. The highest BCUT2D eigenvalue weighted by atomic mass is 127. The molecule has 22 heavy (non-hydrogen) atoms. The predicted octanol–water partition coefficient (Wildman–Crippen LogP) is 5.06. The van der Waals surface area contributed by atoms with Gasteiger partial charge in [0.15, 0.2) is 5.72 Å². The molecule has 0 aromatic heterocycles. The predicted molar refractivity (Wildman–Crippen MR) is 97.0 cm³/mol. The summed E-state index contributed by atoms with van der Waals surface area (Å²) in [4.78, 5) is 13.4. The van der Waals surface area contributed by atoms with Crippen molar-refractivity contribution in [2.45, 2.75) is 58.2 Å². The Labute approximate surface area is 147 Å². The molecule has 0 bridgehead atoms. The number of ether oxygens (including phenoxy) is 1. The van der Waals surface area contributed by atoms with Crippen molar-refractivity contribution in [2.24, 2.45) is 0 Å². The lowest BCUT2D eigenvalue weighted by Gasteiger charge is -2.44. The Kier molecular flexibility index (Phi) is 7.62. The zero-order valence-electron chi connectivity index (χ0n) is 13.8. The molecule has 4 nitrogen and oxygen atoms in total. The van der Waals surface area contributed by atoms with Gasteiger partial charge in [0.1, 0.15) is 0 Å². The molecule has 0 fully saturated rings. The van der Waals surface area contributed by atoms with Crippen LogP contribution in [0.25, 0.3) is 0 Å². The molecule has 1 N–H and O–H groups in total. The topological polar surface area (TPSA) is 49.8 Å². The summed E-state index contributed by atoms with van der Waals surface area (Å²) in [6, 6.07) is 7.68. The van der Waals surface area contributed by atoms with E-state index in [1.54, 1.807) is 7.11 Å². The number of halogens is 1. The van der Waals surface area contributed by atoms with Crippen molar-refractivity contribution < 1.29 is 14.6 Å². The van der Waals surface area contributed by atoms with E-state index >= 15 is 0 Å². The number of carbonyl (C=O) groups is 1. The summed E-state index contributed by atoms with van der Waals surface area (Å²) in [6.45, 7) is 5.91. The van der Waals surface area contributed by atoms with Gasteiger partial charge in [-0.1, -0.05) is 38.0 Å². The maximum absolute atomic E-state index is 11.9. The minimum atomic E-state index is -0.951. The van der Waals surface area contributed by atoms with Gasteiger partial charge in [0.25, 0.3) is 0 Å². The second-order valence-electron chi connectivity index (χ2n) is 5.67. The largest absolute Gasteiger partial charge is 0.465 e. The van der Waals surface area contributed by atoms with Gasteiger partial charge in [-0.15, -0.1) is 0 Å². The van der Waals surface area contributed by atoms with Gasteiger partial charge in [-0.25, -0.2) is 4.79 Å². The van der Waals surface area contributed by atoms with Crippen LogP contribution in [0, 0.1) is 3.57 Å². The van der Waals surface area contributed by atoms with Crippen molar-refractivity contribution >= 4 is 28.7 Å². The molecule has 5 heteroatoms. The van der Waals surface area contributed by atoms with Crippen LogP contribution in [0.5, 0.6) is 0 Å². The summed E-state index contributed by atoms with van der Waals surface area (Å²) in [5.74, 6) is 0. The van der Waals surface area contributed by atoms with Gasteiger partial charge in [-0.05, 0) is 48.9 Å². The number of carboxylic acid groups (broad SMARTS) is 1. The van der Waals surface area contributed by atoms with Crippen molar-refractivity contribution in [1.82, 2.24) is 4.90 Å². The van der Waals surface area contributed by atoms with E-state index in [1.165, 1.54) is 4.90 Å². The quantitative estimate of drug-likeness (QED) is 0.364. The molecule has 0 aliphatic heterocycles. The van der Waals surface area contributed by atoms with Crippen LogP contribution < -0.4 is 0 Å². The smallest absolute Gasteiger partial charge is 0.410 e. The second kappa shape index (κ2) is 8.72. The van der Waals surface area contributed by atoms with E-state index < -0.39 is 11.8 Å². The molecular formula is C17H26INO3. The van der Waals surface area contributed by atoms with Crippen LogP contribution in [0.4, 0.5) is 4.79 Å². The average molecular weight is 419 g/mol. The molecule has 1 aromatic carbocycles. The Balaban J connectivity index is 3.40. The lowest BCUT2D eigenvalue weighted by atomic mass is 9.93. The molecule has 0 aliphatic rings. The summed E-state index contributed by atoms with van der Waals surface area (Å²) in [7, 11) is 1.60. The van der Waals surface area contributed by atoms with Gasteiger partial charge < -0.3 is 9.84 Å². The van der Waals surface area contributed by atoms with Crippen LogP contribution >= 0.6 is 22.6 Å². The molecule has 0 spiro atoms. The standard InChI is InChI=1S/C17H26INO3/c1-5-6-9-12-17(22-4,19(13(2)3)16(20)21)14-10-7-8-11-15(14)18/h7-8,10-11,13H,5-6,9,12H2,1-4H3,(H,20,21)/t17-/m1/s1. The van der Waals surface area contributed by atoms with Crippen LogP contribution in [-0.2, 0) is 10.5 Å². The third-order valence-corrected chi connectivity index (χ3v) is 4.80. The van der Waals surface area contributed by atoms with Crippen molar-refractivity contribution in [3.8, 4) is 0 Å². The highest BCUT2D eigenvalue weighted by Crippen LogP contribution is 2.39. The molecule has 1 atom stereocenters. The SMILES string of the molecule is CCCCC[C@@](OC)(c1ccccc1I)N(C(=O)O)C(C)C. The highest BCUT2D eigenvalue weighted by molar-refractivity contribution is 14.1. The van der Waals surface area contributed by atoms with Gasteiger partial charge in [0.05, 0.1) is 0 Å². The maximum Gasteiger partial charge on any atom is 0.410 e. The van der Waals surface area contributed by atoms with Gasteiger partial charge in [-0.3, -0.25) is 4.90 Å². The van der Waals surface area contributed by atoms with Gasteiger partial charge in [0, 0.05) is 28.7 Å². The number of nitrogens with zero attached hydrogens (tertiary/aromatic N) is 1. The Morgan fingerprint density at radius 1 is 1.36 bits per heavy atom. The van der Waals surface area contributed by atoms with Crippen LogP contribution in [0.15, 0.2) is 24.3 Å². The van der Waals surface area contributed by atoms with E-state index in [2.05, 4.69) is 29.5 Å². The number of amides is 1. The Hall–Kier alpha value is -0.820. The second-order valence-corrected chi connectivity index (χ2v) is 6.83. The fourth-order valence-electron chi connectivity index (χ4n) is 2.88. The first kappa shape index (κ1) is 19.2. The fourth-order valence-corrected chi connectivity index (χ4v) is 3.69. The molecule has 0 heterocycles. The van der Waals surface area contributed by atoms with Crippen LogP contribution in [0.3, 0.4) is 0 Å². The number of rotatable bonds is 8. The van der Waals surface area contributed by atoms with Crippen LogP contribution in [0.2, 0.25) is 0 Å². The summed E-state index contributed by atoms with van der Waals surface area (Å²) in [6.07, 6.45) is 2.77. The van der Waals surface area contributed by atoms with Gasteiger partial charge >= 0.3 is 6.09 Å². The fraction of sp³-hybridized carbons (Fsp3) is 0.588. The van der Waals surface area contributed by atoms with E-state index in [0.717, 1.165) is 28.4 Å². The minimum absolute atomic E-state index is 0.171. The molecule has 0 unspecified atom stereocenters. The minimum Gasteiger partial charge on any atom is -0.465 e. The molecule has 1 aromatic rings. The zero-order valence-corrected chi connectivity index (χ0v) is 16.0. The van der Waals surface area contributed by atoms with Gasteiger partial charge in [0.2, 0.25) is 0 Å². The third kappa shape index (κ3) is 4.13. The molecule has 1 rings (SSSR count). The van der Waals surface area contributed by atoms with Crippen molar-refractivity contribution in [2.75, 3.05) is 7.11 Å². The molecule has 0 saturated carbocycles. The van der Waals surface area contributed by atoms with Crippen molar-refractivity contribution in [3.63, 3.8) is 0 Å². The zero-order chi connectivity index (χ0) is 16.8. The van der Waals surface area contributed by atoms with E-state index in [1.807, 2.05) is 38.1 Å². The molecule has 0 saturated heterocycles. The number of hydrogen-bond acceptors (Lipinski definition) is 2. The maximum atomic E-state index is 11.9. The average Bonchev–Trinajstić information content (AvgIpc) is 2.46. The molecule has 1 amide bonds. The van der Waals surface area contributed by atoms with Crippen molar-refractivity contribution in [1.29, 1.82) is 0 Å². The number of benzene rings is 1. The molecule has 124 valence electrons. The van der Waals surface area contributed by atoms with E-state index in [0.29, 0.717) is 6.42 Å². The summed E-state index contributed by atoms with van der Waals surface area (Å²) in [5.41, 5.74) is -0.0160. The van der Waals surface area contributed by atoms with E-state index in [-0.39, 0.29) is 6.04 Å². The lowest BCUT2D eigenvalue weighted by molar-refractivity contribution is -0.146. The lowest BCUT2D eigenvalue weighted by Crippen LogP contribution is -2.54. The Morgan fingerprint density at radius 2 is 2.00 bits per heavy atom. The molecular weight excluding hydrogens is 393 g/mol. The first-order valence-electron chi connectivity index (χ1n) is 7.73. The third-order valence-electron chi connectivity index (χ3n) is 3.86. The normalized spacial score (nSPS) is 13.9. The van der Waals surface area contributed by atoms with Gasteiger partial charge in [-0.2, -0.15) is 0 Å². The monoisotopic (exact) mass is 419 g/mol. The number of hydrogen-bond donors (Lipinski definition) is 1. The summed E-state index contributed by atoms with van der Waals surface area (Å²) >= 11 is 2.25. The number of unbranched alkanes of at least 4 members (excludes halogenated alkanes) is 2. The number of methoxy groups -OCH3 is 1.